The van der Waals surface area contributed by atoms with E-state index < -0.39 is 5.97 Å². The van der Waals surface area contributed by atoms with Gasteiger partial charge in [-0.2, -0.15) is 0 Å². The van der Waals surface area contributed by atoms with E-state index in [1.54, 1.807) is 0 Å². The fraction of sp³-hybridized carbons (Fsp3) is 0.0909. The number of rotatable bonds is 4. The highest BCUT2D eigenvalue weighted by Crippen LogP contribution is 2.26. The molecule has 0 spiro atoms. The summed E-state index contributed by atoms with van der Waals surface area (Å²) in [4.78, 5) is 10.6. The van der Waals surface area contributed by atoms with Gasteiger partial charge in [-0.15, -0.1) is 0 Å². The van der Waals surface area contributed by atoms with Crippen molar-refractivity contribution in [2.75, 3.05) is 5.32 Å². The molecule has 0 fully saturated rings. The Morgan fingerprint density at radius 2 is 2.17 bits per heavy atom. The molecule has 2 N–H and O–H groups in total. The summed E-state index contributed by atoms with van der Waals surface area (Å²) in [6, 6.07) is 7.09. The Morgan fingerprint density at radius 1 is 1.39 bits per heavy atom. The number of carboxylic acids is 1. The molecular formula is C11H8Br2N2O3. The second kappa shape index (κ2) is 5.53. The number of halogens is 2. The van der Waals surface area contributed by atoms with Gasteiger partial charge in [-0.25, -0.2) is 4.79 Å². The predicted octanol–water partition coefficient (Wildman–Crippen LogP) is 3.51. The molecule has 18 heavy (non-hydrogen) atoms. The molecule has 2 aromatic rings. The maximum Gasteiger partial charge on any atom is 0.358 e. The first-order valence-corrected chi connectivity index (χ1v) is 6.52. The average molecular weight is 376 g/mol. The lowest BCUT2D eigenvalue weighted by molar-refractivity contribution is 0.0685. The van der Waals surface area contributed by atoms with Gasteiger partial charge in [-0.05, 0) is 34.1 Å². The number of carboxylic acid groups (broad SMARTS) is 1. The highest BCUT2D eigenvalue weighted by atomic mass is 79.9. The average Bonchev–Trinajstić information content (AvgIpc) is 2.76. The Kier molecular flexibility index (Phi) is 4.03. The van der Waals surface area contributed by atoms with Crippen molar-refractivity contribution in [1.82, 2.24) is 5.16 Å². The van der Waals surface area contributed by atoms with Gasteiger partial charge in [0.15, 0.2) is 11.5 Å². The van der Waals surface area contributed by atoms with Crippen LogP contribution < -0.4 is 5.32 Å². The molecule has 0 radical (unpaired) electrons. The van der Waals surface area contributed by atoms with Crippen LogP contribution in [0.1, 0.15) is 16.2 Å². The van der Waals surface area contributed by atoms with Crippen LogP contribution in [-0.2, 0) is 6.54 Å². The molecule has 0 bridgehead atoms. The summed E-state index contributed by atoms with van der Waals surface area (Å²) in [5.74, 6) is -0.642. The molecule has 0 saturated heterocycles. The molecule has 1 aromatic heterocycles. The lowest BCUT2D eigenvalue weighted by Crippen LogP contribution is -1.99. The molecule has 1 heterocycles. The first kappa shape index (κ1) is 13.1. The van der Waals surface area contributed by atoms with Gasteiger partial charge in [0.05, 0.1) is 6.54 Å². The minimum absolute atomic E-state index is 0.0957. The highest BCUT2D eigenvalue weighted by Gasteiger charge is 2.10. The molecule has 5 nitrogen and oxygen atoms in total. The van der Waals surface area contributed by atoms with Gasteiger partial charge in [0.1, 0.15) is 0 Å². The van der Waals surface area contributed by atoms with Crippen LogP contribution in [0.3, 0.4) is 0 Å². The van der Waals surface area contributed by atoms with Crippen molar-refractivity contribution in [3.8, 4) is 0 Å². The molecule has 0 unspecified atom stereocenters. The van der Waals surface area contributed by atoms with Gasteiger partial charge >= 0.3 is 5.97 Å². The largest absolute Gasteiger partial charge is 0.476 e. The molecule has 1 aromatic carbocycles. The van der Waals surface area contributed by atoms with Crippen LogP contribution in [0.15, 0.2) is 37.7 Å². The van der Waals surface area contributed by atoms with E-state index in [1.165, 1.54) is 6.07 Å². The SMILES string of the molecule is O=C(O)c1cc(CNc2ccc(Br)cc2Br)on1. The fourth-order valence-corrected chi connectivity index (χ4v) is 2.50. The van der Waals surface area contributed by atoms with Crippen molar-refractivity contribution >= 4 is 43.5 Å². The molecule has 2 rings (SSSR count). The molecule has 7 heteroatoms. The summed E-state index contributed by atoms with van der Waals surface area (Å²) < 4.78 is 6.76. The zero-order chi connectivity index (χ0) is 13.1. The summed E-state index contributed by atoms with van der Waals surface area (Å²) in [6.45, 7) is 0.362. The molecule has 0 aliphatic carbocycles. The second-order valence-corrected chi connectivity index (χ2v) is 5.23. The molecular weight excluding hydrogens is 368 g/mol. The molecule has 94 valence electrons. The van der Waals surface area contributed by atoms with Crippen LogP contribution >= 0.6 is 31.9 Å². The number of aromatic nitrogens is 1. The monoisotopic (exact) mass is 374 g/mol. The second-order valence-electron chi connectivity index (χ2n) is 3.46. The third-order valence-corrected chi connectivity index (χ3v) is 3.31. The van der Waals surface area contributed by atoms with Gasteiger partial charge in [0.2, 0.25) is 0 Å². The topological polar surface area (TPSA) is 75.4 Å². The quantitative estimate of drug-likeness (QED) is 0.855. The van der Waals surface area contributed by atoms with Gasteiger partial charge in [0.25, 0.3) is 0 Å². The summed E-state index contributed by atoms with van der Waals surface area (Å²) in [7, 11) is 0. The lowest BCUT2D eigenvalue weighted by atomic mass is 10.3. The Labute approximate surface area is 119 Å². The number of nitrogens with one attached hydrogen (secondary N) is 1. The molecule has 0 aliphatic rings. The van der Waals surface area contributed by atoms with E-state index in [0.717, 1.165) is 14.6 Å². The Morgan fingerprint density at radius 3 is 2.78 bits per heavy atom. The van der Waals surface area contributed by atoms with Crippen LogP contribution in [-0.4, -0.2) is 16.2 Å². The van der Waals surface area contributed by atoms with E-state index in [2.05, 4.69) is 42.3 Å². The van der Waals surface area contributed by atoms with Crippen molar-refractivity contribution in [3.63, 3.8) is 0 Å². The molecule has 0 atom stereocenters. The normalized spacial score (nSPS) is 10.3. The minimum atomic E-state index is -1.10. The van der Waals surface area contributed by atoms with Gasteiger partial charge in [0, 0.05) is 20.7 Å². The fourth-order valence-electron chi connectivity index (χ4n) is 1.31. The van der Waals surface area contributed by atoms with E-state index in [9.17, 15) is 4.79 Å². The van der Waals surface area contributed by atoms with Crippen molar-refractivity contribution in [1.29, 1.82) is 0 Å². The van der Waals surface area contributed by atoms with Gasteiger partial charge < -0.3 is 14.9 Å². The number of hydrogen-bond acceptors (Lipinski definition) is 4. The van der Waals surface area contributed by atoms with Crippen LogP contribution in [0, 0.1) is 0 Å². The molecule has 0 amide bonds. The number of benzene rings is 1. The number of anilines is 1. The van der Waals surface area contributed by atoms with Crippen molar-refractivity contribution in [2.24, 2.45) is 0 Å². The first-order chi connectivity index (χ1) is 8.56. The van der Waals surface area contributed by atoms with Gasteiger partial charge in [-0.1, -0.05) is 21.1 Å². The Balaban J connectivity index is 2.04. The zero-order valence-corrected chi connectivity index (χ0v) is 12.2. The summed E-state index contributed by atoms with van der Waals surface area (Å²) in [5, 5.41) is 15.2. The number of nitrogens with zero attached hydrogens (tertiary/aromatic N) is 1. The zero-order valence-electron chi connectivity index (χ0n) is 8.98. The molecule has 0 saturated carbocycles. The van der Waals surface area contributed by atoms with Crippen LogP contribution in [0.25, 0.3) is 0 Å². The lowest BCUT2D eigenvalue weighted by Gasteiger charge is -2.06. The van der Waals surface area contributed by atoms with E-state index >= 15 is 0 Å². The van der Waals surface area contributed by atoms with E-state index in [4.69, 9.17) is 9.63 Å². The summed E-state index contributed by atoms with van der Waals surface area (Å²) in [5.41, 5.74) is 0.785. The van der Waals surface area contributed by atoms with Crippen LogP contribution in [0.2, 0.25) is 0 Å². The highest BCUT2D eigenvalue weighted by molar-refractivity contribution is 9.11. The first-order valence-electron chi connectivity index (χ1n) is 4.94. The smallest absolute Gasteiger partial charge is 0.358 e. The summed E-state index contributed by atoms with van der Waals surface area (Å²) >= 11 is 6.78. The maximum atomic E-state index is 10.6. The van der Waals surface area contributed by atoms with Crippen molar-refractivity contribution < 1.29 is 14.4 Å². The van der Waals surface area contributed by atoms with Crippen molar-refractivity contribution in [2.45, 2.75) is 6.54 Å². The standard InChI is InChI=1S/C11H8Br2N2O3/c12-6-1-2-9(8(13)3-6)14-5-7-4-10(11(16)17)15-18-7/h1-4,14H,5H2,(H,16,17). The number of carbonyl (C=O) groups is 1. The third kappa shape index (κ3) is 3.11. The Hall–Kier alpha value is -1.34. The maximum absolute atomic E-state index is 10.6. The minimum Gasteiger partial charge on any atom is -0.476 e. The van der Waals surface area contributed by atoms with E-state index in [0.29, 0.717) is 12.3 Å². The van der Waals surface area contributed by atoms with Gasteiger partial charge in [-0.3, -0.25) is 0 Å². The predicted molar refractivity (Wildman–Crippen MR) is 72.6 cm³/mol. The number of hydrogen-bond donors (Lipinski definition) is 2. The molecule has 0 aliphatic heterocycles. The third-order valence-electron chi connectivity index (χ3n) is 2.16. The Bertz CT molecular complexity index is 583. The van der Waals surface area contributed by atoms with Crippen LogP contribution in [0.4, 0.5) is 5.69 Å². The van der Waals surface area contributed by atoms with E-state index in [-0.39, 0.29) is 5.69 Å². The van der Waals surface area contributed by atoms with E-state index in [1.807, 2.05) is 18.2 Å². The number of aromatic carboxylic acids is 1. The van der Waals surface area contributed by atoms with Crippen LogP contribution in [0.5, 0.6) is 0 Å². The summed E-state index contributed by atoms with van der Waals surface area (Å²) in [6.07, 6.45) is 0. The van der Waals surface area contributed by atoms with Crippen molar-refractivity contribution in [3.05, 3.63) is 44.7 Å².